The summed E-state index contributed by atoms with van der Waals surface area (Å²) in [5.74, 6) is -0.305. The van der Waals surface area contributed by atoms with Gasteiger partial charge in [0.1, 0.15) is 5.84 Å². The van der Waals surface area contributed by atoms with Crippen molar-refractivity contribution in [2.24, 2.45) is 10.9 Å². The summed E-state index contributed by atoms with van der Waals surface area (Å²) in [5, 5.41) is 21.6. The quantitative estimate of drug-likeness (QED) is 0.352. The van der Waals surface area contributed by atoms with Crippen LogP contribution in [0.25, 0.3) is 0 Å². The fourth-order valence-corrected chi connectivity index (χ4v) is 3.06. The SMILES string of the molecule is N#CC(C#N)C(=NCCCN1CCOCC1)NCCCN1CCOCC1. The van der Waals surface area contributed by atoms with E-state index in [0.29, 0.717) is 12.4 Å². The van der Waals surface area contributed by atoms with Crippen molar-refractivity contribution in [1.29, 1.82) is 10.5 Å². The molecule has 0 saturated carbocycles. The number of ether oxygens (including phenoxy) is 2. The standard InChI is InChI=1S/C18H30N6O2/c19-15-17(16-20)18(21-3-1-5-23-7-11-25-12-8-23)22-4-2-6-24-9-13-26-14-10-24/h17H,1-14H2,(H,21,22). The highest BCUT2D eigenvalue weighted by molar-refractivity contribution is 5.89. The highest BCUT2D eigenvalue weighted by Gasteiger charge is 2.15. The van der Waals surface area contributed by atoms with Crippen LogP contribution in [0.1, 0.15) is 12.8 Å². The summed E-state index contributed by atoms with van der Waals surface area (Å²) in [4.78, 5) is 9.24. The summed E-state index contributed by atoms with van der Waals surface area (Å²) < 4.78 is 10.7. The Morgan fingerprint density at radius 2 is 1.46 bits per heavy atom. The first-order chi connectivity index (χ1) is 12.8. The molecule has 0 aromatic heterocycles. The monoisotopic (exact) mass is 362 g/mol. The van der Waals surface area contributed by atoms with Crippen molar-refractivity contribution in [3.63, 3.8) is 0 Å². The summed E-state index contributed by atoms with van der Waals surface area (Å²) in [6.07, 6.45) is 1.87. The summed E-state index contributed by atoms with van der Waals surface area (Å²) in [6.45, 7) is 10.4. The summed E-state index contributed by atoms with van der Waals surface area (Å²) in [6, 6.07) is 4.05. The minimum Gasteiger partial charge on any atom is -0.379 e. The van der Waals surface area contributed by atoms with Crippen molar-refractivity contribution >= 4 is 5.84 Å². The van der Waals surface area contributed by atoms with E-state index in [4.69, 9.17) is 9.47 Å². The molecule has 0 aromatic rings. The first kappa shape index (κ1) is 20.6. The van der Waals surface area contributed by atoms with Gasteiger partial charge in [0, 0.05) is 45.8 Å². The Morgan fingerprint density at radius 3 is 2.00 bits per heavy atom. The second-order valence-electron chi connectivity index (χ2n) is 6.50. The van der Waals surface area contributed by atoms with Gasteiger partial charge in [0.05, 0.1) is 38.6 Å². The minimum atomic E-state index is -0.818. The van der Waals surface area contributed by atoms with Crippen molar-refractivity contribution in [3.8, 4) is 12.1 Å². The number of hydrogen-bond donors (Lipinski definition) is 1. The third kappa shape index (κ3) is 7.67. The molecule has 0 bridgehead atoms. The number of amidine groups is 1. The molecule has 0 aliphatic carbocycles. The normalized spacial score (nSPS) is 19.9. The van der Waals surface area contributed by atoms with Gasteiger partial charge in [-0.15, -0.1) is 0 Å². The molecule has 1 N–H and O–H groups in total. The lowest BCUT2D eigenvalue weighted by Crippen LogP contribution is -2.39. The van der Waals surface area contributed by atoms with E-state index in [1.54, 1.807) is 0 Å². The van der Waals surface area contributed by atoms with Crippen molar-refractivity contribution in [3.05, 3.63) is 0 Å². The molecule has 2 rings (SSSR count). The molecule has 8 heteroatoms. The predicted molar refractivity (Wildman–Crippen MR) is 98.8 cm³/mol. The highest BCUT2D eigenvalue weighted by Crippen LogP contribution is 2.01. The van der Waals surface area contributed by atoms with E-state index in [1.165, 1.54) is 0 Å². The second-order valence-corrected chi connectivity index (χ2v) is 6.50. The van der Waals surface area contributed by atoms with Crippen LogP contribution in [0.5, 0.6) is 0 Å². The molecular weight excluding hydrogens is 332 g/mol. The Bertz CT molecular complexity index is 487. The molecule has 2 aliphatic rings. The van der Waals surface area contributed by atoms with Crippen LogP contribution in [0, 0.1) is 28.6 Å². The zero-order chi connectivity index (χ0) is 18.5. The highest BCUT2D eigenvalue weighted by atomic mass is 16.5. The van der Waals surface area contributed by atoms with Gasteiger partial charge in [0.25, 0.3) is 0 Å². The van der Waals surface area contributed by atoms with Crippen LogP contribution in [-0.2, 0) is 9.47 Å². The second kappa shape index (κ2) is 12.6. The number of rotatable bonds is 9. The molecule has 2 saturated heterocycles. The van der Waals surface area contributed by atoms with E-state index in [0.717, 1.165) is 85.1 Å². The lowest BCUT2D eigenvalue weighted by Gasteiger charge is -2.26. The van der Waals surface area contributed by atoms with E-state index in [-0.39, 0.29) is 0 Å². The predicted octanol–water partition coefficient (Wildman–Crippen LogP) is 0.0825. The Hall–Kier alpha value is -1.71. The van der Waals surface area contributed by atoms with Crippen LogP contribution in [-0.4, -0.2) is 94.4 Å². The molecular formula is C18H30N6O2. The van der Waals surface area contributed by atoms with Crippen molar-refractivity contribution in [2.45, 2.75) is 12.8 Å². The Morgan fingerprint density at radius 1 is 0.923 bits per heavy atom. The van der Waals surface area contributed by atoms with Crippen LogP contribution in [0.15, 0.2) is 4.99 Å². The molecule has 2 aliphatic heterocycles. The van der Waals surface area contributed by atoms with Gasteiger partial charge in [0.2, 0.25) is 0 Å². The molecule has 0 atom stereocenters. The van der Waals surface area contributed by atoms with E-state index in [9.17, 15) is 10.5 Å². The number of hydrogen-bond acceptors (Lipinski definition) is 7. The molecule has 8 nitrogen and oxygen atoms in total. The van der Waals surface area contributed by atoms with E-state index >= 15 is 0 Å². The lowest BCUT2D eigenvalue weighted by atomic mass is 10.1. The van der Waals surface area contributed by atoms with E-state index in [2.05, 4.69) is 20.1 Å². The van der Waals surface area contributed by atoms with Crippen LogP contribution < -0.4 is 5.32 Å². The van der Waals surface area contributed by atoms with Gasteiger partial charge >= 0.3 is 0 Å². The Kier molecular flexibility index (Phi) is 9.99. The van der Waals surface area contributed by atoms with Gasteiger partial charge in [-0.2, -0.15) is 10.5 Å². The number of nitrogens with zero attached hydrogens (tertiary/aromatic N) is 5. The average molecular weight is 362 g/mol. The first-order valence-electron chi connectivity index (χ1n) is 9.51. The average Bonchev–Trinajstić information content (AvgIpc) is 2.70. The van der Waals surface area contributed by atoms with Gasteiger partial charge in [-0.3, -0.25) is 14.8 Å². The first-order valence-corrected chi connectivity index (χ1v) is 9.51. The largest absolute Gasteiger partial charge is 0.379 e. The molecule has 0 amide bonds. The van der Waals surface area contributed by atoms with E-state index < -0.39 is 5.92 Å². The molecule has 0 spiro atoms. The van der Waals surface area contributed by atoms with Gasteiger partial charge in [-0.05, 0) is 19.4 Å². The number of nitriles is 2. The van der Waals surface area contributed by atoms with Crippen molar-refractivity contribution in [2.75, 3.05) is 78.8 Å². The van der Waals surface area contributed by atoms with Gasteiger partial charge < -0.3 is 14.8 Å². The fourth-order valence-electron chi connectivity index (χ4n) is 3.06. The van der Waals surface area contributed by atoms with Crippen LogP contribution >= 0.6 is 0 Å². The third-order valence-electron chi connectivity index (χ3n) is 4.61. The smallest absolute Gasteiger partial charge is 0.189 e. The molecule has 144 valence electrons. The molecule has 0 radical (unpaired) electrons. The van der Waals surface area contributed by atoms with Crippen LogP contribution in [0.2, 0.25) is 0 Å². The lowest BCUT2D eigenvalue weighted by molar-refractivity contribution is 0.0376. The van der Waals surface area contributed by atoms with E-state index in [1.807, 2.05) is 12.1 Å². The maximum absolute atomic E-state index is 9.18. The number of nitrogens with one attached hydrogen (secondary N) is 1. The van der Waals surface area contributed by atoms with Crippen molar-refractivity contribution in [1.82, 2.24) is 15.1 Å². The molecule has 0 aromatic carbocycles. The minimum absolute atomic E-state index is 0.513. The molecule has 26 heavy (non-hydrogen) atoms. The van der Waals surface area contributed by atoms with Crippen LogP contribution in [0.3, 0.4) is 0 Å². The maximum Gasteiger partial charge on any atom is 0.189 e. The molecule has 0 unspecified atom stereocenters. The summed E-state index contributed by atoms with van der Waals surface area (Å²) in [7, 11) is 0. The molecule has 2 fully saturated rings. The van der Waals surface area contributed by atoms with Gasteiger partial charge in [0.15, 0.2) is 5.92 Å². The van der Waals surface area contributed by atoms with Crippen LogP contribution in [0.4, 0.5) is 0 Å². The Labute approximate surface area is 156 Å². The number of morpholine rings is 2. The fraction of sp³-hybridized carbons (Fsp3) is 0.833. The van der Waals surface area contributed by atoms with Gasteiger partial charge in [-0.25, -0.2) is 0 Å². The molecule has 2 heterocycles. The summed E-state index contributed by atoms with van der Waals surface area (Å²) >= 11 is 0. The zero-order valence-electron chi connectivity index (χ0n) is 15.5. The maximum atomic E-state index is 9.18. The topological polar surface area (TPSA) is 96.9 Å². The third-order valence-corrected chi connectivity index (χ3v) is 4.61. The number of aliphatic imine (C=N–C) groups is 1. The zero-order valence-corrected chi connectivity index (χ0v) is 15.5. The Balaban J connectivity index is 1.69. The summed E-state index contributed by atoms with van der Waals surface area (Å²) in [5.41, 5.74) is 0. The van der Waals surface area contributed by atoms with Gasteiger partial charge in [-0.1, -0.05) is 0 Å². The van der Waals surface area contributed by atoms with Crippen molar-refractivity contribution < 1.29 is 9.47 Å².